The fourth-order valence-corrected chi connectivity index (χ4v) is 3.78. The van der Waals surface area contributed by atoms with E-state index in [0.717, 1.165) is 6.42 Å². The van der Waals surface area contributed by atoms with Crippen molar-refractivity contribution in [3.63, 3.8) is 0 Å². The van der Waals surface area contributed by atoms with E-state index in [1.54, 1.807) is 6.07 Å². The van der Waals surface area contributed by atoms with E-state index in [4.69, 9.17) is 0 Å². The molecule has 2 heteroatoms. The quantitative estimate of drug-likeness (QED) is 0.595. The number of rotatable bonds is 3. The lowest BCUT2D eigenvalue weighted by Crippen LogP contribution is -2.40. The Bertz CT molecular complexity index is 337. The van der Waals surface area contributed by atoms with Gasteiger partial charge in [0.05, 0.1) is 8.07 Å². The summed E-state index contributed by atoms with van der Waals surface area (Å²) in [5, 5.41) is 11.0. The van der Waals surface area contributed by atoms with E-state index in [2.05, 4.69) is 32.3 Å². The highest BCUT2D eigenvalue weighted by Gasteiger charge is 2.22. The summed E-state index contributed by atoms with van der Waals surface area (Å²) in [5.41, 5.74) is 1.22. The van der Waals surface area contributed by atoms with Gasteiger partial charge in [0.25, 0.3) is 0 Å². The standard InChI is InChI=1S/C12H18OSi/c1-5-7-10-8-6-9-11(13)12(10)14(2,3)4/h5-6,8-9,13H,1,7H2,2-4H3. The number of phenolic OH excluding ortho intramolecular Hbond substituents is 1. The first kappa shape index (κ1) is 11.1. The smallest absolute Gasteiger partial charge is 0.115 e. The summed E-state index contributed by atoms with van der Waals surface area (Å²) < 4.78 is 0. The molecule has 1 nitrogen and oxygen atoms in total. The van der Waals surface area contributed by atoms with Crippen molar-refractivity contribution in [2.75, 3.05) is 0 Å². The maximum absolute atomic E-state index is 9.85. The van der Waals surface area contributed by atoms with Gasteiger partial charge >= 0.3 is 0 Å². The Morgan fingerprint density at radius 1 is 1.36 bits per heavy atom. The Kier molecular flexibility index (Phi) is 3.16. The Morgan fingerprint density at radius 3 is 2.50 bits per heavy atom. The first-order valence-corrected chi connectivity index (χ1v) is 8.39. The summed E-state index contributed by atoms with van der Waals surface area (Å²) in [7, 11) is -1.46. The Hall–Kier alpha value is -1.02. The molecule has 1 aromatic carbocycles. The van der Waals surface area contributed by atoms with Gasteiger partial charge in [-0.3, -0.25) is 0 Å². The van der Waals surface area contributed by atoms with Crippen LogP contribution in [0.1, 0.15) is 5.56 Å². The van der Waals surface area contributed by atoms with Crippen LogP contribution < -0.4 is 5.19 Å². The maximum atomic E-state index is 9.85. The van der Waals surface area contributed by atoms with Crippen molar-refractivity contribution in [1.29, 1.82) is 0 Å². The van der Waals surface area contributed by atoms with Crippen LogP contribution in [0.15, 0.2) is 30.9 Å². The molecule has 0 saturated carbocycles. The minimum Gasteiger partial charge on any atom is -0.508 e. The molecule has 0 amide bonds. The van der Waals surface area contributed by atoms with Crippen molar-refractivity contribution in [2.24, 2.45) is 0 Å². The number of benzene rings is 1. The molecule has 0 aliphatic heterocycles. The summed E-state index contributed by atoms with van der Waals surface area (Å²) >= 11 is 0. The first-order chi connectivity index (χ1) is 6.46. The van der Waals surface area contributed by atoms with Crippen LogP contribution in [-0.4, -0.2) is 13.2 Å². The van der Waals surface area contributed by atoms with Gasteiger partial charge in [-0.2, -0.15) is 0 Å². The molecule has 0 aliphatic carbocycles. The zero-order chi connectivity index (χ0) is 10.8. The lowest BCUT2D eigenvalue weighted by atomic mass is 10.1. The Balaban J connectivity index is 3.29. The molecule has 0 atom stereocenters. The van der Waals surface area contributed by atoms with E-state index in [0.29, 0.717) is 5.75 Å². The second kappa shape index (κ2) is 4.01. The fraction of sp³-hybridized carbons (Fsp3) is 0.333. The van der Waals surface area contributed by atoms with Gasteiger partial charge in [-0.1, -0.05) is 37.8 Å². The predicted molar refractivity (Wildman–Crippen MR) is 65.0 cm³/mol. The molecule has 0 saturated heterocycles. The molecule has 0 spiro atoms. The molecule has 0 radical (unpaired) electrons. The summed E-state index contributed by atoms with van der Waals surface area (Å²) in [5.74, 6) is 0.448. The molecule has 76 valence electrons. The lowest BCUT2D eigenvalue weighted by Gasteiger charge is -2.21. The highest BCUT2D eigenvalue weighted by Crippen LogP contribution is 2.16. The predicted octanol–water partition coefficient (Wildman–Crippen LogP) is 2.67. The monoisotopic (exact) mass is 206 g/mol. The number of aromatic hydroxyl groups is 1. The van der Waals surface area contributed by atoms with E-state index < -0.39 is 8.07 Å². The van der Waals surface area contributed by atoms with Crippen molar-refractivity contribution in [3.05, 3.63) is 36.4 Å². The number of phenols is 1. The molecule has 0 heterocycles. The van der Waals surface area contributed by atoms with Gasteiger partial charge in [-0.05, 0) is 23.2 Å². The SMILES string of the molecule is C=CCc1cccc(O)c1[Si](C)(C)C. The molecule has 0 aromatic heterocycles. The minimum absolute atomic E-state index is 0.448. The normalized spacial score (nSPS) is 11.4. The number of hydrogen-bond acceptors (Lipinski definition) is 1. The third-order valence-electron chi connectivity index (χ3n) is 2.24. The third kappa shape index (κ3) is 2.26. The summed E-state index contributed by atoms with van der Waals surface area (Å²) in [6.45, 7) is 10.5. The minimum atomic E-state index is -1.46. The second-order valence-corrected chi connectivity index (χ2v) is 9.55. The van der Waals surface area contributed by atoms with Gasteiger partial charge in [-0.25, -0.2) is 0 Å². The molecular formula is C12H18OSi. The van der Waals surface area contributed by atoms with Crippen LogP contribution in [-0.2, 0) is 6.42 Å². The van der Waals surface area contributed by atoms with Crippen LogP contribution in [0.3, 0.4) is 0 Å². The second-order valence-electron chi connectivity index (χ2n) is 4.55. The molecule has 0 aliphatic rings. The van der Waals surface area contributed by atoms with Crippen molar-refractivity contribution in [1.82, 2.24) is 0 Å². The van der Waals surface area contributed by atoms with Gasteiger partial charge < -0.3 is 5.11 Å². The number of hydrogen-bond donors (Lipinski definition) is 1. The summed E-state index contributed by atoms with van der Waals surface area (Å²) in [4.78, 5) is 0. The molecule has 0 unspecified atom stereocenters. The fourth-order valence-electron chi connectivity index (χ4n) is 1.78. The van der Waals surface area contributed by atoms with Crippen LogP contribution in [0.2, 0.25) is 19.6 Å². The van der Waals surface area contributed by atoms with Gasteiger partial charge in [-0.15, -0.1) is 6.58 Å². The molecule has 1 rings (SSSR count). The van der Waals surface area contributed by atoms with Crippen LogP contribution in [0, 0.1) is 0 Å². The molecule has 0 fully saturated rings. The van der Waals surface area contributed by atoms with Crippen molar-refractivity contribution in [2.45, 2.75) is 26.1 Å². The Labute approximate surface area is 87.1 Å². The summed E-state index contributed by atoms with van der Waals surface area (Å²) in [6, 6.07) is 5.76. The highest BCUT2D eigenvalue weighted by atomic mass is 28.3. The zero-order valence-electron chi connectivity index (χ0n) is 9.17. The van der Waals surface area contributed by atoms with Gasteiger partial charge in [0.2, 0.25) is 0 Å². The topological polar surface area (TPSA) is 20.2 Å². The lowest BCUT2D eigenvalue weighted by molar-refractivity contribution is 0.479. The largest absolute Gasteiger partial charge is 0.508 e. The highest BCUT2D eigenvalue weighted by molar-refractivity contribution is 6.89. The van der Waals surface area contributed by atoms with Gasteiger partial charge in [0, 0.05) is 0 Å². The molecule has 0 bridgehead atoms. The molecule has 14 heavy (non-hydrogen) atoms. The van der Waals surface area contributed by atoms with Crippen LogP contribution >= 0.6 is 0 Å². The van der Waals surface area contributed by atoms with Gasteiger partial charge in [0.15, 0.2) is 0 Å². The zero-order valence-corrected chi connectivity index (χ0v) is 10.2. The van der Waals surface area contributed by atoms with Crippen LogP contribution in [0.25, 0.3) is 0 Å². The van der Waals surface area contributed by atoms with Gasteiger partial charge in [0.1, 0.15) is 5.75 Å². The first-order valence-electron chi connectivity index (χ1n) is 4.89. The van der Waals surface area contributed by atoms with E-state index >= 15 is 0 Å². The molecule has 1 N–H and O–H groups in total. The molecule has 1 aromatic rings. The summed E-state index contributed by atoms with van der Waals surface area (Å²) in [6.07, 6.45) is 2.73. The van der Waals surface area contributed by atoms with E-state index in [1.165, 1.54) is 10.8 Å². The average Bonchev–Trinajstić information content (AvgIpc) is 2.02. The maximum Gasteiger partial charge on any atom is 0.115 e. The van der Waals surface area contributed by atoms with Crippen molar-refractivity contribution < 1.29 is 5.11 Å². The van der Waals surface area contributed by atoms with E-state index in [1.807, 2.05) is 12.1 Å². The van der Waals surface area contributed by atoms with Crippen LogP contribution in [0.4, 0.5) is 0 Å². The third-order valence-corrected chi connectivity index (χ3v) is 4.32. The van der Waals surface area contributed by atoms with Crippen LogP contribution in [0.5, 0.6) is 5.75 Å². The molecular weight excluding hydrogens is 188 g/mol. The number of allylic oxidation sites excluding steroid dienone is 1. The van der Waals surface area contributed by atoms with E-state index in [-0.39, 0.29) is 0 Å². The van der Waals surface area contributed by atoms with Crippen molar-refractivity contribution in [3.8, 4) is 5.75 Å². The van der Waals surface area contributed by atoms with E-state index in [9.17, 15) is 5.11 Å². The average molecular weight is 206 g/mol. The van der Waals surface area contributed by atoms with Crippen molar-refractivity contribution >= 4 is 13.3 Å². The Morgan fingerprint density at radius 2 is 2.00 bits per heavy atom.